The molecular formula is C13H11N3. The van der Waals surface area contributed by atoms with Gasteiger partial charge in [0, 0.05) is 17.0 Å². The number of aromatic nitrogens is 2. The summed E-state index contributed by atoms with van der Waals surface area (Å²) in [6, 6.07) is 8.01. The van der Waals surface area contributed by atoms with Crippen molar-refractivity contribution in [3.63, 3.8) is 0 Å². The molecule has 0 saturated heterocycles. The summed E-state index contributed by atoms with van der Waals surface area (Å²) in [6.07, 6.45) is 3.48. The van der Waals surface area contributed by atoms with Gasteiger partial charge in [-0.05, 0) is 24.6 Å². The number of fused-ring (bicyclic) bond motifs is 2. The van der Waals surface area contributed by atoms with Crippen molar-refractivity contribution in [2.24, 2.45) is 0 Å². The highest BCUT2D eigenvalue weighted by molar-refractivity contribution is 6.06. The van der Waals surface area contributed by atoms with E-state index in [0.29, 0.717) is 0 Å². The van der Waals surface area contributed by atoms with E-state index in [2.05, 4.69) is 9.97 Å². The van der Waals surface area contributed by atoms with Gasteiger partial charge in [0.05, 0.1) is 22.9 Å². The molecule has 0 aliphatic rings. The average Bonchev–Trinajstić information content (AvgIpc) is 2.29. The van der Waals surface area contributed by atoms with Crippen molar-refractivity contribution in [2.75, 3.05) is 5.73 Å². The van der Waals surface area contributed by atoms with Gasteiger partial charge in [-0.15, -0.1) is 0 Å². The maximum atomic E-state index is 6.14. The van der Waals surface area contributed by atoms with Crippen LogP contribution in [0.3, 0.4) is 0 Å². The molecule has 2 N–H and O–H groups in total. The second-order valence-corrected chi connectivity index (χ2v) is 3.94. The number of anilines is 1. The molecule has 16 heavy (non-hydrogen) atoms. The smallest absolute Gasteiger partial charge is 0.0913 e. The standard InChI is InChI=1S/C13H11N3/c1-8-2-3-9-11(6-8)16-12-7-15-5-4-10(12)13(9)14/h2-7H,1H3,(H2,14,16). The van der Waals surface area contributed by atoms with E-state index in [1.165, 1.54) is 5.56 Å². The Labute approximate surface area is 92.9 Å². The molecule has 0 bridgehead atoms. The Bertz CT molecular complexity index is 689. The van der Waals surface area contributed by atoms with Crippen molar-refractivity contribution in [2.45, 2.75) is 6.92 Å². The van der Waals surface area contributed by atoms with Crippen molar-refractivity contribution < 1.29 is 0 Å². The normalized spacial score (nSPS) is 11.1. The Kier molecular flexibility index (Phi) is 1.80. The van der Waals surface area contributed by atoms with Crippen LogP contribution in [0.2, 0.25) is 0 Å². The number of rotatable bonds is 0. The molecule has 0 aliphatic carbocycles. The molecule has 1 aromatic carbocycles. The van der Waals surface area contributed by atoms with E-state index in [1.54, 1.807) is 12.4 Å². The van der Waals surface area contributed by atoms with Gasteiger partial charge in [-0.1, -0.05) is 12.1 Å². The quantitative estimate of drug-likeness (QED) is 0.579. The Hall–Kier alpha value is -2.16. The van der Waals surface area contributed by atoms with Crippen LogP contribution in [0.1, 0.15) is 5.56 Å². The molecule has 0 spiro atoms. The first-order valence-corrected chi connectivity index (χ1v) is 5.15. The van der Waals surface area contributed by atoms with Gasteiger partial charge in [0.25, 0.3) is 0 Å². The molecule has 3 heteroatoms. The first-order chi connectivity index (χ1) is 7.75. The summed E-state index contributed by atoms with van der Waals surface area (Å²) in [6.45, 7) is 2.05. The lowest BCUT2D eigenvalue weighted by molar-refractivity contribution is 1.33. The first kappa shape index (κ1) is 9.09. The fourth-order valence-electron chi connectivity index (χ4n) is 1.94. The molecule has 3 rings (SSSR count). The SMILES string of the molecule is Cc1ccc2c(N)c3ccncc3nc2c1. The summed E-state index contributed by atoms with van der Waals surface area (Å²) in [4.78, 5) is 8.62. The van der Waals surface area contributed by atoms with Gasteiger partial charge in [-0.25, -0.2) is 4.98 Å². The summed E-state index contributed by atoms with van der Waals surface area (Å²) >= 11 is 0. The molecular weight excluding hydrogens is 198 g/mol. The third-order valence-corrected chi connectivity index (χ3v) is 2.77. The summed E-state index contributed by atoms with van der Waals surface area (Å²) in [5.74, 6) is 0. The van der Waals surface area contributed by atoms with Gasteiger partial charge in [0.2, 0.25) is 0 Å². The molecule has 0 aliphatic heterocycles. The second-order valence-electron chi connectivity index (χ2n) is 3.94. The van der Waals surface area contributed by atoms with Gasteiger partial charge in [-0.2, -0.15) is 0 Å². The molecule has 0 atom stereocenters. The molecule has 3 nitrogen and oxygen atoms in total. The summed E-state index contributed by atoms with van der Waals surface area (Å²) < 4.78 is 0. The monoisotopic (exact) mass is 209 g/mol. The number of hydrogen-bond donors (Lipinski definition) is 1. The van der Waals surface area contributed by atoms with E-state index in [9.17, 15) is 0 Å². The first-order valence-electron chi connectivity index (χ1n) is 5.15. The molecule has 3 aromatic rings. The number of benzene rings is 1. The van der Waals surface area contributed by atoms with E-state index >= 15 is 0 Å². The van der Waals surface area contributed by atoms with Crippen LogP contribution in [0, 0.1) is 6.92 Å². The summed E-state index contributed by atoms with van der Waals surface area (Å²) in [5.41, 5.74) is 9.87. The molecule has 0 radical (unpaired) electrons. The van der Waals surface area contributed by atoms with E-state index < -0.39 is 0 Å². The molecule has 2 heterocycles. The van der Waals surface area contributed by atoms with Gasteiger partial charge < -0.3 is 5.73 Å². The molecule has 0 amide bonds. The van der Waals surface area contributed by atoms with Gasteiger partial charge in [0.1, 0.15) is 0 Å². The van der Waals surface area contributed by atoms with Gasteiger partial charge >= 0.3 is 0 Å². The fourth-order valence-corrected chi connectivity index (χ4v) is 1.94. The molecule has 2 aromatic heterocycles. The zero-order valence-corrected chi connectivity index (χ0v) is 8.94. The Morgan fingerprint density at radius 1 is 1.06 bits per heavy atom. The van der Waals surface area contributed by atoms with Crippen molar-refractivity contribution in [1.82, 2.24) is 9.97 Å². The van der Waals surface area contributed by atoms with Crippen molar-refractivity contribution in [3.05, 3.63) is 42.2 Å². The predicted molar refractivity (Wildman–Crippen MR) is 66.2 cm³/mol. The summed E-state index contributed by atoms with van der Waals surface area (Å²) in [7, 11) is 0. The molecule has 0 fully saturated rings. The second kappa shape index (κ2) is 3.17. The van der Waals surface area contributed by atoms with Crippen LogP contribution < -0.4 is 5.73 Å². The van der Waals surface area contributed by atoms with E-state index in [-0.39, 0.29) is 0 Å². The van der Waals surface area contributed by atoms with Crippen molar-refractivity contribution in [1.29, 1.82) is 0 Å². The van der Waals surface area contributed by atoms with E-state index in [0.717, 1.165) is 27.5 Å². The van der Waals surface area contributed by atoms with Crippen LogP contribution in [0.5, 0.6) is 0 Å². The lowest BCUT2D eigenvalue weighted by Crippen LogP contribution is -1.93. The zero-order chi connectivity index (χ0) is 11.1. The van der Waals surface area contributed by atoms with Gasteiger partial charge in [0.15, 0.2) is 0 Å². The van der Waals surface area contributed by atoms with Crippen LogP contribution >= 0.6 is 0 Å². The highest BCUT2D eigenvalue weighted by Crippen LogP contribution is 2.27. The number of aryl methyl sites for hydroxylation is 1. The topological polar surface area (TPSA) is 51.8 Å². The number of nitrogens with zero attached hydrogens (tertiary/aromatic N) is 2. The minimum atomic E-state index is 0.780. The van der Waals surface area contributed by atoms with E-state index in [1.807, 2.05) is 31.2 Å². The maximum Gasteiger partial charge on any atom is 0.0913 e. The molecule has 78 valence electrons. The Morgan fingerprint density at radius 2 is 1.88 bits per heavy atom. The van der Waals surface area contributed by atoms with Crippen LogP contribution in [-0.2, 0) is 0 Å². The largest absolute Gasteiger partial charge is 0.398 e. The van der Waals surface area contributed by atoms with Gasteiger partial charge in [-0.3, -0.25) is 4.98 Å². The summed E-state index contributed by atoms with van der Waals surface area (Å²) in [5, 5.41) is 1.97. The van der Waals surface area contributed by atoms with Crippen molar-refractivity contribution in [3.8, 4) is 0 Å². The third kappa shape index (κ3) is 1.21. The predicted octanol–water partition coefficient (Wildman–Crippen LogP) is 2.67. The van der Waals surface area contributed by atoms with Crippen LogP contribution in [0.4, 0.5) is 5.69 Å². The fraction of sp³-hybridized carbons (Fsp3) is 0.0769. The van der Waals surface area contributed by atoms with Crippen molar-refractivity contribution >= 4 is 27.5 Å². The number of nitrogens with two attached hydrogens (primary N) is 1. The van der Waals surface area contributed by atoms with Crippen LogP contribution in [-0.4, -0.2) is 9.97 Å². The minimum Gasteiger partial charge on any atom is -0.398 e. The number of hydrogen-bond acceptors (Lipinski definition) is 3. The lowest BCUT2D eigenvalue weighted by Gasteiger charge is -2.06. The highest BCUT2D eigenvalue weighted by atomic mass is 14.7. The zero-order valence-electron chi connectivity index (χ0n) is 8.94. The average molecular weight is 209 g/mol. The molecule has 0 unspecified atom stereocenters. The minimum absolute atomic E-state index is 0.780. The van der Waals surface area contributed by atoms with Crippen LogP contribution in [0.15, 0.2) is 36.7 Å². The number of pyridine rings is 2. The maximum absolute atomic E-state index is 6.14. The Morgan fingerprint density at radius 3 is 2.75 bits per heavy atom. The third-order valence-electron chi connectivity index (χ3n) is 2.77. The number of nitrogen functional groups attached to an aromatic ring is 1. The van der Waals surface area contributed by atoms with Crippen LogP contribution in [0.25, 0.3) is 21.8 Å². The lowest BCUT2D eigenvalue weighted by atomic mass is 10.1. The Balaban J connectivity index is 2.55. The molecule has 0 saturated carbocycles. The highest BCUT2D eigenvalue weighted by Gasteiger charge is 2.05. The van der Waals surface area contributed by atoms with E-state index in [4.69, 9.17) is 5.73 Å².